The third kappa shape index (κ3) is 2.36. The zero-order valence-corrected chi connectivity index (χ0v) is 16.4. The standard InChI is InChI=1S/C22H16IN3/c1-26-19-12-11-15(22-24-17-9-5-6-10-18(17)25-22)13-16(19)20(23)21(26)14-7-3-2-4-8-14/h2-13H,1H3,(H,24,25). The molecule has 0 aliphatic rings. The van der Waals surface area contributed by atoms with Crippen molar-refractivity contribution in [3.05, 3.63) is 76.4 Å². The highest BCUT2D eigenvalue weighted by Gasteiger charge is 2.16. The van der Waals surface area contributed by atoms with Gasteiger partial charge in [-0.1, -0.05) is 42.5 Å². The van der Waals surface area contributed by atoms with Gasteiger partial charge in [0.25, 0.3) is 0 Å². The van der Waals surface area contributed by atoms with E-state index in [1.54, 1.807) is 0 Å². The van der Waals surface area contributed by atoms with Crippen LogP contribution in [-0.2, 0) is 7.05 Å². The highest BCUT2D eigenvalue weighted by Crippen LogP contribution is 2.36. The fourth-order valence-corrected chi connectivity index (χ4v) is 4.66. The van der Waals surface area contributed by atoms with E-state index < -0.39 is 0 Å². The molecule has 0 amide bonds. The number of hydrogen-bond acceptors (Lipinski definition) is 1. The van der Waals surface area contributed by atoms with E-state index in [1.807, 2.05) is 18.2 Å². The van der Waals surface area contributed by atoms with Crippen molar-refractivity contribution >= 4 is 44.5 Å². The van der Waals surface area contributed by atoms with E-state index >= 15 is 0 Å². The number of para-hydroxylation sites is 2. The molecule has 0 bridgehead atoms. The summed E-state index contributed by atoms with van der Waals surface area (Å²) in [5, 5.41) is 1.25. The van der Waals surface area contributed by atoms with E-state index in [9.17, 15) is 0 Å². The maximum atomic E-state index is 4.74. The Morgan fingerprint density at radius 3 is 2.46 bits per heavy atom. The van der Waals surface area contributed by atoms with Crippen LogP contribution in [0.5, 0.6) is 0 Å². The Morgan fingerprint density at radius 2 is 1.65 bits per heavy atom. The number of benzene rings is 3. The van der Waals surface area contributed by atoms with Crippen molar-refractivity contribution < 1.29 is 0 Å². The number of nitrogens with zero attached hydrogens (tertiary/aromatic N) is 2. The Labute approximate surface area is 164 Å². The molecule has 0 radical (unpaired) electrons. The van der Waals surface area contributed by atoms with Gasteiger partial charge in [-0.05, 0) is 58.5 Å². The molecule has 0 fully saturated rings. The zero-order chi connectivity index (χ0) is 17.7. The summed E-state index contributed by atoms with van der Waals surface area (Å²) in [5.41, 5.74) is 6.89. The first-order valence-corrected chi connectivity index (χ1v) is 9.59. The molecule has 0 unspecified atom stereocenters. The van der Waals surface area contributed by atoms with Gasteiger partial charge in [0, 0.05) is 27.1 Å². The molecule has 2 heterocycles. The van der Waals surface area contributed by atoms with Crippen LogP contribution < -0.4 is 0 Å². The van der Waals surface area contributed by atoms with Crippen molar-refractivity contribution in [2.75, 3.05) is 0 Å². The molecule has 4 heteroatoms. The van der Waals surface area contributed by atoms with E-state index in [0.717, 1.165) is 22.4 Å². The number of rotatable bonds is 2. The van der Waals surface area contributed by atoms with Crippen molar-refractivity contribution in [3.63, 3.8) is 0 Å². The van der Waals surface area contributed by atoms with Crippen molar-refractivity contribution in [2.45, 2.75) is 0 Å². The van der Waals surface area contributed by atoms with E-state index in [0.29, 0.717) is 0 Å². The lowest BCUT2D eigenvalue weighted by molar-refractivity contribution is 0.976. The zero-order valence-electron chi connectivity index (χ0n) is 14.2. The average molecular weight is 449 g/mol. The Morgan fingerprint density at radius 1 is 0.885 bits per heavy atom. The smallest absolute Gasteiger partial charge is 0.138 e. The molecule has 3 aromatic carbocycles. The van der Waals surface area contributed by atoms with Gasteiger partial charge < -0.3 is 9.55 Å². The second kappa shape index (κ2) is 5.99. The number of halogens is 1. The topological polar surface area (TPSA) is 33.6 Å². The summed E-state index contributed by atoms with van der Waals surface area (Å²) in [6.45, 7) is 0. The molecular weight excluding hydrogens is 433 g/mol. The van der Waals surface area contributed by atoms with Crippen molar-refractivity contribution in [1.29, 1.82) is 0 Å². The second-order valence-electron chi connectivity index (χ2n) is 6.42. The SMILES string of the molecule is Cn1c(-c2ccccc2)c(I)c2cc(-c3nc4ccccc4[nH]3)ccc21. The summed E-state index contributed by atoms with van der Waals surface area (Å²) in [4.78, 5) is 8.17. The Balaban J connectivity index is 1.72. The van der Waals surface area contributed by atoms with Gasteiger partial charge in [0.1, 0.15) is 5.82 Å². The quantitative estimate of drug-likeness (QED) is 0.330. The number of hydrogen-bond donors (Lipinski definition) is 1. The molecule has 0 spiro atoms. The lowest BCUT2D eigenvalue weighted by Gasteiger charge is -2.05. The molecule has 26 heavy (non-hydrogen) atoms. The van der Waals surface area contributed by atoms with Gasteiger partial charge in [0.05, 0.1) is 16.7 Å². The number of fused-ring (bicyclic) bond motifs is 2. The first-order valence-electron chi connectivity index (χ1n) is 8.51. The van der Waals surface area contributed by atoms with Gasteiger partial charge in [-0.25, -0.2) is 4.98 Å². The number of aryl methyl sites for hydroxylation is 1. The van der Waals surface area contributed by atoms with Crippen LogP contribution in [0.15, 0.2) is 72.8 Å². The molecule has 0 saturated carbocycles. The number of aromatic nitrogens is 3. The van der Waals surface area contributed by atoms with Gasteiger partial charge in [-0.15, -0.1) is 0 Å². The average Bonchev–Trinajstić information content (AvgIpc) is 3.22. The third-order valence-electron chi connectivity index (χ3n) is 4.85. The fourth-order valence-electron chi connectivity index (χ4n) is 3.55. The van der Waals surface area contributed by atoms with Crippen LogP contribution >= 0.6 is 22.6 Å². The minimum absolute atomic E-state index is 0.911. The monoisotopic (exact) mass is 449 g/mol. The van der Waals surface area contributed by atoms with Crippen molar-refractivity contribution in [1.82, 2.24) is 14.5 Å². The Bertz CT molecular complexity index is 1220. The number of H-pyrrole nitrogens is 1. The molecular formula is C22H16IN3. The minimum atomic E-state index is 0.911. The summed E-state index contributed by atoms with van der Waals surface area (Å²) in [6.07, 6.45) is 0. The molecule has 5 aromatic rings. The molecule has 1 N–H and O–H groups in total. The van der Waals surface area contributed by atoms with Crippen LogP contribution in [0.3, 0.4) is 0 Å². The summed E-state index contributed by atoms with van der Waals surface area (Å²) in [5.74, 6) is 0.911. The summed E-state index contributed by atoms with van der Waals surface area (Å²) in [6, 6.07) is 25.3. The molecule has 3 nitrogen and oxygen atoms in total. The largest absolute Gasteiger partial charge is 0.343 e. The van der Waals surface area contributed by atoms with Crippen LogP contribution in [0.1, 0.15) is 0 Å². The first kappa shape index (κ1) is 15.6. The molecule has 126 valence electrons. The maximum absolute atomic E-state index is 4.74. The highest BCUT2D eigenvalue weighted by atomic mass is 127. The Kier molecular flexibility index (Phi) is 3.60. The van der Waals surface area contributed by atoms with E-state index in [2.05, 4.69) is 93.8 Å². The van der Waals surface area contributed by atoms with Crippen LogP contribution in [0, 0.1) is 3.57 Å². The van der Waals surface area contributed by atoms with E-state index in [-0.39, 0.29) is 0 Å². The van der Waals surface area contributed by atoms with Gasteiger partial charge in [0.2, 0.25) is 0 Å². The van der Waals surface area contributed by atoms with Crippen molar-refractivity contribution in [3.8, 4) is 22.6 Å². The lowest BCUT2D eigenvalue weighted by Crippen LogP contribution is -1.92. The predicted octanol–water partition coefficient (Wildman–Crippen LogP) is 5.99. The molecule has 5 rings (SSSR count). The number of imidazole rings is 1. The second-order valence-corrected chi connectivity index (χ2v) is 7.50. The third-order valence-corrected chi connectivity index (χ3v) is 5.94. The van der Waals surface area contributed by atoms with Gasteiger partial charge in [0.15, 0.2) is 0 Å². The van der Waals surface area contributed by atoms with Crippen molar-refractivity contribution in [2.24, 2.45) is 7.05 Å². The fraction of sp³-hybridized carbons (Fsp3) is 0.0455. The highest BCUT2D eigenvalue weighted by molar-refractivity contribution is 14.1. The van der Waals surface area contributed by atoms with Gasteiger partial charge in [-0.2, -0.15) is 0 Å². The molecule has 0 saturated heterocycles. The van der Waals surface area contributed by atoms with Crippen LogP contribution in [0.4, 0.5) is 0 Å². The Hall–Kier alpha value is -2.60. The molecule has 2 aromatic heterocycles. The lowest BCUT2D eigenvalue weighted by atomic mass is 10.1. The number of aromatic amines is 1. The van der Waals surface area contributed by atoms with Crippen LogP contribution in [0.2, 0.25) is 0 Å². The molecule has 0 atom stereocenters. The minimum Gasteiger partial charge on any atom is -0.343 e. The maximum Gasteiger partial charge on any atom is 0.138 e. The van der Waals surface area contributed by atoms with Crippen LogP contribution in [-0.4, -0.2) is 14.5 Å². The summed E-state index contributed by atoms with van der Waals surface area (Å²) in [7, 11) is 2.13. The number of nitrogens with one attached hydrogen (secondary N) is 1. The van der Waals surface area contributed by atoms with Gasteiger partial charge in [-0.3, -0.25) is 0 Å². The van der Waals surface area contributed by atoms with E-state index in [1.165, 1.54) is 25.7 Å². The summed E-state index contributed by atoms with van der Waals surface area (Å²) >= 11 is 2.46. The van der Waals surface area contributed by atoms with Crippen LogP contribution in [0.25, 0.3) is 44.6 Å². The predicted molar refractivity (Wildman–Crippen MR) is 116 cm³/mol. The summed E-state index contributed by atoms with van der Waals surface area (Å²) < 4.78 is 3.54. The molecule has 0 aliphatic carbocycles. The van der Waals surface area contributed by atoms with Gasteiger partial charge >= 0.3 is 0 Å². The normalized spacial score (nSPS) is 11.5. The first-order chi connectivity index (χ1) is 12.7. The molecule has 0 aliphatic heterocycles. The van der Waals surface area contributed by atoms with E-state index in [4.69, 9.17) is 4.98 Å².